The first-order valence-electron chi connectivity index (χ1n) is 4.34. The van der Waals surface area contributed by atoms with E-state index in [0.717, 1.165) is 13.0 Å². The molecule has 78 valence electrons. The predicted octanol–water partition coefficient (Wildman–Crippen LogP) is -3.77. The van der Waals surface area contributed by atoms with Crippen molar-refractivity contribution < 1.29 is 44.4 Å². The second-order valence-corrected chi connectivity index (χ2v) is 3.40. The summed E-state index contributed by atoms with van der Waals surface area (Å²) in [7, 11) is 3.10. The molecule has 1 rings (SSSR count). The summed E-state index contributed by atoms with van der Waals surface area (Å²) in [6, 6.07) is 0. The van der Waals surface area contributed by atoms with Crippen LogP contribution < -0.4 is 35.1 Å². The maximum atomic E-state index is 10.7. The van der Waals surface area contributed by atoms with Crippen molar-refractivity contribution in [2.75, 3.05) is 33.9 Å². The van der Waals surface area contributed by atoms with Gasteiger partial charge in [0, 0.05) is 12.5 Å². The van der Waals surface area contributed by atoms with Crippen molar-refractivity contribution in [1.29, 1.82) is 0 Å². The Kier molecular flexibility index (Phi) is 6.71. The SMILES string of the molecule is CO[N+](C)(N[O-])N1CCC(CO)C1.[Na+]. The second kappa shape index (κ2) is 6.37. The van der Waals surface area contributed by atoms with E-state index in [9.17, 15) is 5.21 Å². The number of quaternary nitrogens is 1. The van der Waals surface area contributed by atoms with Crippen molar-refractivity contribution in [3.05, 3.63) is 5.21 Å². The summed E-state index contributed by atoms with van der Waals surface area (Å²) < 4.78 is 0. The van der Waals surface area contributed by atoms with Gasteiger partial charge in [-0.15, -0.1) is 5.01 Å². The van der Waals surface area contributed by atoms with Crippen molar-refractivity contribution in [3.63, 3.8) is 0 Å². The minimum absolute atomic E-state index is 0. The van der Waals surface area contributed by atoms with E-state index in [0.29, 0.717) is 6.54 Å². The molecule has 0 bridgehead atoms. The number of hydroxylamine groups is 1. The molecule has 1 fully saturated rings. The smallest absolute Gasteiger partial charge is 0.738 e. The third-order valence-corrected chi connectivity index (χ3v) is 2.59. The largest absolute Gasteiger partial charge is 1.00 e. The average molecular weight is 214 g/mol. The number of aliphatic hydroxyl groups is 1. The fourth-order valence-electron chi connectivity index (χ4n) is 1.52. The number of rotatable bonds is 4. The molecule has 14 heavy (non-hydrogen) atoms. The number of nitrogens with zero attached hydrogens (tertiary/aromatic N) is 2. The Morgan fingerprint density at radius 3 is 2.71 bits per heavy atom. The molecular weight excluding hydrogens is 197 g/mol. The standard InChI is InChI=1S/C7H17N3O3.Na/c1-10(8-12,13-2)9-4-3-7(5-9)6-11;/h7-8,11H,3-6H2,1-2H3;/q;+1. The molecule has 2 atom stereocenters. The number of hydrogen-bond acceptors (Lipinski definition) is 5. The first-order chi connectivity index (χ1) is 6.16. The van der Waals surface area contributed by atoms with Gasteiger partial charge in [-0.2, -0.15) is 10.4 Å². The first-order valence-corrected chi connectivity index (χ1v) is 4.34. The molecule has 1 saturated heterocycles. The maximum Gasteiger partial charge on any atom is 1.00 e. The van der Waals surface area contributed by atoms with E-state index in [1.54, 1.807) is 7.05 Å². The van der Waals surface area contributed by atoms with Crippen molar-refractivity contribution in [2.24, 2.45) is 5.92 Å². The van der Waals surface area contributed by atoms with Gasteiger partial charge in [0.05, 0.1) is 13.1 Å². The van der Waals surface area contributed by atoms with Crippen LogP contribution in [0.1, 0.15) is 6.42 Å². The van der Waals surface area contributed by atoms with Crippen molar-refractivity contribution in [2.45, 2.75) is 6.42 Å². The van der Waals surface area contributed by atoms with Crippen LogP contribution in [-0.4, -0.2) is 48.8 Å². The van der Waals surface area contributed by atoms with Gasteiger partial charge in [-0.1, -0.05) is 0 Å². The number of aliphatic hydroxyl groups excluding tert-OH is 1. The Morgan fingerprint density at radius 2 is 2.36 bits per heavy atom. The minimum atomic E-state index is -0.281. The molecule has 0 aliphatic carbocycles. The summed E-state index contributed by atoms with van der Waals surface area (Å²) >= 11 is 0. The average Bonchev–Trinajstić information content (AvgIpc) is 2.65. The molecule has 1 aliphatic heterocycles. The van der Waals surface area contributed by atoms with Crippen LogP contribution in [0.5, 0.6) is 0 Å². The predicted molar refractivity (Wildman–Crippen MR) is 46.5 cm³/mol. The topological polar surface area (TPSA) is 67.8 Å². The zero-order valence-corrected chi connectivity index (χ0v) is 11.1. The van der Waals surface area contributed by atoms with Gasteiger partial charge in [0.15, 0.2) is 0 Å². The van der Waals surface area contributed by atoms with Gasteiger partial charge in [-0.25, -0.2) is 0 Å². The Balaban J connectivity index is 0.00000169. The summed E-state index contributed by atoms with van der Waals surface area (Å²) in [5.41, 5.74) is 1.82. The van der Waals surface area contributed by atoms with Crippen molar-refractivity contribution in [3.8, 4) is 0 Å². The Labute approximate surface area is 106 Å². The zero-order valence-electron chi connectivity index (χ0n) is 9.06. The van der Waals surface area contributed by atoms with Crippen LogP contribution in [-0.2, 0) is 4.84 Å². The van der Waals surface area contributed by atoms with Crippen molar-refractivity contribution in [1.82, 2.24) is 10.6 Å². The van der Waals surface area contributed by atoms with Crippen LogP contribution in [0.15, 0.2) is 0 Å². The fourth-order valence-corrected chi connectivity index (χ4v) is 1.52. The van der Waals surface area contributed by atoms with Gasteiger partial charge in [0.2, 0.25) is 0 Å². The molecule has 7 heteroatoms. The molecule has 1 aliphatic rings. The Hall–Kier alpha value is 0.760. The molecule has 0 spiro atoms. The van der Waals surface area contributed by atoms with E-state index in [-0.39, 0.29) is 46.9 Å². The molecule has 0 saturated carbocycles. The molecule has 2 unspecified atom stereocenters. The van der Waals surface area contributed by atoms with E-state index in [2.05, 4.69) is 0 Å². The first kappa shape index (κ1) is 14.8. The van der Waals surface area contributed by atoms with Crippen LogP contribution in [0, 0.1) is 11.1 Å². The van der Waals surface area contributed by atoms with E-state index >= 15 is 0 Å². The summed E-state index contributed by atoms with van der Waals surface area (Å²) in [6.07, 6.45) is 0.898. The molecular formula is C7H17N3NaO3+. The third-order valence-electron chi connectivity index (χ3n) is 2.59. The van der Waals surface area contributed by atoms with Crippen LogP contribution in [0.2, 0.25) is 0 Å². The van der Waals surface area contributed by atoms with Crippen LogP contribution in [0.25, 0.3) is 0 Å². The molecule has 6 nitrogen and oxygen atoms in total. The van der Waals surface area contributed by atoms with Gasteiger partial charge in [0.25, 0.3) is 0 Å². The van der Waals surface area contributed by atoms with Crippen LogP contribution in [0.3, 0.4) is 0 Å². The van der Waals surface area contributed by atoms with Gasteiger partial charge < -0.3 is 10.3 Å². The number of nitrogens with one attached hydrogen (secondary N) is 1. The van der Waals surface area contributed by atoms with Crippen molar-refractivity contribution >= 4 is 0 Å². The molecule has 0 amide bonds. The molecule has 2 N–H and O–H groups in total. The van der Waals surface area contributed by atoms with Gasteiger partial charge in [-0.3, -0.25) is 0 Å². The summed E-state index contributed by atoms with van der Waals surface area (Å²) in [6.45, 7) is 1.60. The van der Waals surface area contributed by atoms with Gasteiger partial charge in [0.1, 0.15) is 14.2 Å². The van der Waals surface area contributed by atoms with E-state index in [4.69, 9.17) is 9.94 Å². The molecule has 0 aromatic heterocycles. The minimum Gasteiger partial charge on any atom is -0.738 e. The molecule has 0 aromatic rings. The van der Waals surface area contributed by atoms with E-state index < -0.39 is 0 Å². The molecule has 0 aromatic carbocycles. The fraction of sp³-hybridized carbons (Fsp3) is 1.00. The van der Waals surface area contributed by atoms with Crippen LogP contribution in [0.4, 0.5) is 0 Å². The van der Waals surface area contributed by atoms with E-state index in [1.807, 2.05) is 10.6 Å². The van der Waals surface area contributed by atoms with Crippen LogP contribution >= 0.6 is 0 Å². The second-order valence-electron chi connectivity index (χ2n) is 3.40. The Morgan fingerprint density at radius 1 is 1.71 bits per heavy atom. The normalized spacial score (nSPS) is 27.0. The number of hydrogen-bond donors (Lipinski definition) is 2. The van der Waals surface area contributed by atoms with Gasteiger partial charge >= 0.3 is 29.6 Å². The van der Waals surface area contributed by atoms with Gasteiger partial charge in [-0.05, 0) is 11.3 Å². The molecule has 1 heterocycles. The Bertz CT molecular complexity index is 168. The maximum absolute atomic E-state index is 10.7. The summed E-state index contributed by atoms with van der Waals surface area (Å²) in [4.78, 5) is 4.74. The quantitative estimate of drug-likeness (QED) is 0.286. The monoisotopic (exact) mass is 214 g/mol. The summed E-state index contributed by atoms with van der Waals surface area (Å²) in [5.74, 6) is 0.251. The zero-order chi connectivity index (χ0) is 9.90. The third kappa shape index (κ3) is 3.13. The van der Waals surface area contributed by atoms with E-state index in [1.165, 1.54) is 7.11 Å². The molecule has 0 radical (unpaired) electrons. The summed E-state index contributed by atoms with van der Waals surface area (Å²) in [5, 5.41) is 21.4.